The number of piperazine rings is 1. The van der Waals surface area contributed by atoms with Crippen molar-refractivity contribution >= 4 is 40.8 Å². The van der Waals surface area contributed by atoms with Crippen LogP contribution in [-0.4, -0.2) is 130 Å². The monoisotopic (exact) mass is 783 g/mol. The fourth-order valence-corrected chi connectivity index (χ4v) is 9.71. The molecule has 6 aliphatic heterocycles. The summed E-state index contributed by atoms with van der Waals surface area (Å²) in [4.78, 5) is 61.3. The first-order chi connectivity index (χ1) is 27.4. The van der Waals surface area contributed by atoms with Gasteiger partial charge in [0.2, 0.25) is 11.8 Å². The predicted molar refractivity (Wildman–Crippen MR) is 207 cm³/mol. The van der Waals surface area contributed by atoms with E-state index in [9.17, 15) is 28.7 Å². The van der Waals surface area contributed by atoms with Crippen LogP contribution < -0.4 is 20.4 Å². The number of aromatic nitrogens is 2. The fourth-order valence-electron chi connectivity index (χ4n) is 9.71. The van der Waals surface area contributed by atoms with Crippen molar-refractivity contribution in [2.75, 3.05) is 74.0 Å². The third-order valence-corrected chi connectivity index (χ3v) is 13.1. The zero-order valence-corrected chi connectivity index (χ0v) is 32.0. The molecular formula is C41H47F2N9O5. The number of imide groups is 1. The second-order valence-electron chi connectivity index (χ2n) is 16.8. The molecule has 0 bridgehead atoms. The fraction of sp³-hybridized carbons (Fsp3) is 0.512. The number of hydrogen-bond donors (Lipinski definition) is 3. The summed E-state index contributed by atoms with van der Waals surface area (Å²) in [6, 6.07) is 11.3. The molecule has 16 heteroatoms. The van der Waals surface area contributed by atoms with E-state index in [-0.39, 0.29) is 36.6 Å². The van der Waals surface area contributed by atoms with Crippen LogP contribution in [0.2, 0.25) is 0 Å². The standard InChI is InChI=1S/C41H47F2N9O5/c1-40-23-44-36-33(20-31(46-47-36)28-3-2-4-30(42)35(28)54)52(40)18-17-50(24-40)39(57)41(43)11-15-48(16-12-41)21-25-9-13-49(14-10-25)27-6-5-26-22-51(38(56)29(26)19-27)32-7-8-34(53)45-37(32)55/h2-6,19-20,25,32,54H,7-18,21-24H2,1H3,(H,44,47)(H,45,53,55)/t32-,40?/m0/s1. The number of alkyl halides is 1. The molecule has 14 nitrogen and oxygen atoms in total. The van der Waals surface area contributed by atoms with Gasteiger partial charge in [0.15, 0.2) is 23.1 Å². The van der Waals surface area contributed by atoms with Crippen LogP contribution in [0.15, 0.2) is 42.5 Å². The second kappa shape index (κ2) is 14.2. The van der Waals surface area contributed by atoms with E-state index in [0.717, 1.165) is 49.4 Å². The summed E-state index contributed by atoms with van der Waals surface area (Å²) in [5, 5.41) is 24.5. The minimum atomic E-state index is -1.93. The van der Waals surface area contributed by atoms with E-state index < -0.39 is 40.6 Å². The van der Waals surface area contributed by atoms with Crippen molar-refractivity contribution in [2.24, 2.45) is 5.92 Å². The highest BCUT2D eigenvalue weighted by Crippen LogP contribution is 2.41. The van der Waals surface area contributed by atoms with Gasteiger partial charge in [-0.15, -0.1) is 10.2 Å². The Kier molecular flexibility index (Phi) is 9.28. The van der Waals surface area contributed by atoms with Crippen LogP contribution in [0.25, 0.3) is 11.3 Å². The molecule has 4 amide bonds. The number of nitrogens with one attached hydrogen (secondary N) is 2. The number of anilines is 3. The molecule has 57 heavy (non-hydrogen) atoms. The van der Waals surface area contributed by atoms with Crippen LogP contribution in [0.1, 0.15) is 61.4 Å². The molecule has 3 aromatic rings. The number of benzene rings is 2. The van der Waals surface area contributed by atoms with E-state index in [0.29, 0.717) is 75.2 Å². The molecule has 0 saturated carbocycles. The number of phenolic OH excluding ortho intramolecular Hbond substituents is 1. The highest BCUT2D eigenvalue weighted by Gasteiger charge is 2.50. The van der Waals surface area contributed by atoms with Crippen LogP contribution in [0.3, 0.4) is 0 Å². The number of para-hydroxylation sites is 1. The second-order valence-corrected chi connectivity index (χ2v) is 16.8. The number of carbonyl (C=O) groups is 4. The van der Waals surface area contributed by atoms with Crippen molar-refractivity contribution in [1.82, 2.24) is 30.2 Å². The molecule has 300 valence electrons. The smallest absolute Gasteiger partial charge is 0.260 e. The largest absolute Gasteiger partial charge is 0.504 e. The average molecular weight is 784 g/mol. The number of fused-ring (bicyclic) bond motifs is 4. The molecular weight excluding hydrogens is 737 g/mol. The lowest BCUT2D eigenvalue weighted by molar-refractivity contribution is -0.149. The van der Waals surface area contributed by atoms with Crippen LogP contribution in [0.5, 0.6) is 5.75 Å². The molecule has 0 aliphatic carbocycles. The van der Waals surface area contributed by atoms with E-state index in [2.05, 4.69) is 35.5 Å². The normalized spacial score (nSPS) is 25.1. The van der Waals surface area contributed by atoms with Gasteiger partial charge in [-0.3, -0.25) is 24.5 Å². The quantitative estimate of drug-likeness (QED) is 0.316. The molecule has 3 N–H and O–H groups in total. The van der Waals surface area contributed by atoms with E-state index in [4.69, 9.17) is 0 Å². The molecule has 0 spiro atoms. The van der Waals surface area contributed by atoms with Gasteiger partial charge < -0.3 is 34.9 Å². The van der Waals surface area contributed by atoms with Crippen molar-refractivity contribution in [2.45, 2.75) is 69.2 Å². The first-order valence-electron chi connectivity index (χ1n) is 20.0. The Balaban J connectivity index is 0.767. The first-order valence-corrected chi connectivity index (χ1v) is 20.0. The van der Waals surface area contributed by atoms with Gasteiger partial charge in [0.25, 0.3) is 11.8 Å². The molecule has 2 atom stereocenters. The number of phenols is 1. The average Bonchev–Trinajstić information content (AvgIpc) is 3.54. The predicted octanol–water partition coefficient (Wildman–Crippen LogP) is 3.30. The SMILES string of the molecule is CC12CNc3nnc(-c4cccc(F)c4O)cc3N1CCN(C(=O)C1(F)CCN(CC3CCN(c4ccc5c(c4)C(=O)N([C@H]4CCC(=O)NC4=O)C5)CC3)CC1)C2. The Bertz CT molecular complexity index is 2140. The summed E-state index contributed by atoms with van der Waals surface area (Å²) >= 11 is 0. The lowest BCUT2D eigenvalue weighted by Crippen LogP contribution is -2.68. The van der Waals surface area contributed by atoms with Crippen molar-refractivity contribution < 1.29 is 33.1 Å². The zero-order valence-electron chi connectivity index (χ0n) is 32.0. The summed E-state index contributed by atoms with van der Waals surface area (Å²) in [7, 11) is 0. The molecule has 4 fully saturated rings. The zero-order chi connectivity index (χ0) is 39.6. The van der Waals surface area contributed by atoms with Crippen LogP contribution >= 0.6 is 0 Å². The number of rotatable bonds is 6. The Hall–Kier alpha value is -5.38. The molecule has 9 rings (SSSR count). The van der Waals surface area contributed by atoms with Crippen LogP contribution in [-0.2, 0) is 20.9 Å². The van der Waals surface area contributed by atoms with Crippen LogP contribution in [0, 0.1) is 11.7 Å². The summed E-state index contributed by atoms with van der Waals surface area (Å²) in [6.07, 6.45) is 2.78. The molecule has 2 aromatic carbocycles. The van der Waals surface area contributed by atoms with Gasteiger partial charge in [-0.2, -0.15) is 0 Å². The van der Waals surface area contributed by atoms with Crippen LogP contribution in [0.4, 0.5) is 26.0 Å². The molecule has 0 radical (unpaired) electrons. The molecule has 1 aromatic heterocycles. The number of halogens is 2. The Morgan fingerprint density at radius 3 is 2.53 bits per heavy atom. The minimum absolute atomic E-state index is 0.151. The summed E-state index contributed by atoms with van der Waals surface area (Å²) in [5.74, 6) is -1.58. The number of aromatic hydroxyl groups is 1. The minimum Gasteiger partial charge on any atom is -0.504 e. The topological polar surface area (TPSA) is 155 Å². The van der Waals surface area contributed by atoms with Crippen molar-refractivity contribution in [3.05, 3.63) is 59.4 Å². The third kappa shape index (κ3) is 6.70. The van der Waals surface area contributed by atoms with Crippen molar-refractivity contribution in [3.63, 3.8) is 0 Å². The van der Waals surface area contributed by atoms with Gasteiger partial charge in [0.1, 0.15) is 6.04 Å². The highest BCUT2D eigenvalue weighted by molar-refractivity contribution is 6.05. The van der Waals surface area contributed by atoms with Gasteiger partial charge in [0.05, 0.1) is 16.9 Å². The van der Waals surface area contributed by atoms with Crippen molar-refractivity contribution in [3.8, 4) is 17.0 Å². The Morgan fingerprint density at radius 1 is 0.965 bits per heavy atom. The number of likely N-dealkylation sites (tertiary alicyclic amines) is 1. The van der Waals surface area contributed by atoms with Gasteiger partial charge in [-0.1, -0.05) is 12.1 Å². The molecule has 4 saturated heterocycles. The molecule has 7 heterocycles. The number of carbonyl (C=O) groups excluding carboxylic acids is 4. The van der Waals surface area contributed by atoms with E-state index in [1.54, 1.807) is 21.9 Å². The number of amides is 4. The lowest BCUT2D eigenvalue weighted by atomic mass is 9.87. The highest BCUT2D eigenvalue weighted by atomic mass is 19.1. The van der Waals surface area contributed by atoms with E-state index >= 15 is 4.39 Å². The lowest BCUT2D eigenvalue weighted by Gasteiger charge is -2.53. The van der Waals surface area contributed by atoms with Gasteiger partial charge >= 0.3 is 0 Å². The number of hydrogen-bond acceptors (Lipinski definition) is 11. The Morgan fingerprint density at radius 2 is 1.75 bits per heavy atom. The van der Waals surface area contributed by atoms with Gasteiger partial charge in [-0.25, -0.2) is 8.78 Å². The maximum Gasteiger partial charge on any atom is 0.260 e. The summed E-state index contributed by atoms with van der Waals surface area (Å²) in [6.45, 7) is 7.54. The number of piperidine rings is 3. The van der Waals surface area contributed by atoms with E-state index in [1.807, 2.05) is 25.1 Å². The van der Waals surface area contributed by atoms with Gasteiger partial charge in [0, 0.05) is 102 Å². The first kappa shape index (κ1) is 37.2. The summed E-state index contributed by atoms with van der Waals surface area (Å²) in [5.41, 5.74) is 1.30. The maximum absolute atomic E-state index is 16.5. The number of nitrogens with zero attached hydrogens (tertiary/aromatic N) is 7. The molecule has 6 aliphatic rings. The van der Waals surface area contributed by atoms with Crippen molar-refractivity contribution in [1.29, 1.82) is 0 Å². The molecule has 1 unspecified atom stereocenters. The third-order valence-electron chi connectivity index (χ3n) is 13.1. The summed E-state index contributed by atoms with van der Waals surface area (Å²) < 4.78 is 30.7. The van der Waals surface area contributed by atoms with Gasteiger partial charge in [-0.05, 0) is 68.0 Å². The maximum atomic E-state index is 16.5. The van der Waals surface area contributed by atoms with E-state index in [1.165, 1.54) is 12.1 Å². The Labute approximate surface area is 329 Å².